The summed E-state index contributed by atoms with van der Waals surface area (Å²) in [4.78, 5) is 64.9. The van der Waals surface area contributed by atoms with E-state index in [1.165, 1.54) is 25.3 Å². The molecule has 1 unspecified atom stereocenters. The summed E-state index contributed by atoms with van der Waals surface area (Å²) < 4.78 is 47.5. The van der Waals surface area contributed by atoms with Gasteiger partial charge in [0.25, 0.3) is 0 Å². The standard InChI is InChI=1S/C48H74O14P2/c1-3-5-7-9-11-13-15-17-18-19-20-21-22-24-26-28-30-32-34-38-48(52)62-46(43-61-64(56,57)60-41-45(50)40-59-63(53,54)55)42-58-47(51)39-35-37-44(49)36-33-31-29-27-25-23-16-14-12-10-8-6-4-2/h5,7,11-14,17-18,20-21,23-26,29-33,36,45-46,50H,3-4,6,8-10,15-16,19,22,27-28,34-35,37-43H2,1-2H3,(H,56,57)(H2,53,54,55)/b7-5-,13-11-,14-12-,18-17-,21-20-,25-23-,26-24-,31-29-,32-30-,36-33+/t45-,46+/m0/s1. The number of aliphatic hydroxyl groups is 1. The van der Waals surface area contributed by atoms with Gasteiger partial charge in [-0.15, -0.1) is 0 Å². The molecule has 16 heteroatoms. The summed E-state index contributed by atoms with van der Waals surface area (Å²) in [7, 11) is -9.79. The van der Waals surface area contributed by atoms with Gasteiger partial charge >= 0.3 is 27.6 Å². The molecule has 0 fully saturated rings. The summed E-state index contributed by atoms with van der Waals surface area (Å²) in [5, 5.41) is 9.74. The summed E-state index contributed by atoms with van der Waals surface area (Å²) in [5.74, 6) is -1.57. The van der Waals surface area contributed by atoms with Gasteiger partial charge in [0.15, 0.2) is 11.9 Å². The maximum atomic E-state index is 12.6. The topological polar surface area (TPSA) is 212 Å². The number of unbranched alkanes of at least 4 members (excludes halogenated alkanes) is 3. The molecule has 0 aliphatic rings. The van der Waals surface area contributed by atoms with Crippen molar-refractivity contribution in [3.8, 4) is 0 Å². The predicted octanol–water partition coefficient (Wildman–Crippen LogP) is 10.8. The molecule has 0 aromatic heterocycles. The van der Waals surface area contributed by atoms with Crippen LogP contribution in [0.15, 0.2) is 122 Å². The predicted molar refractivity (Wildman–Crippen MR) is 253 cm³/mol. The van der Waals surface area contributed by atoms with E-state index in [1.54, 1.807) is 12.2 Å². The number of esters is 2. The number of phosphoric acid groups is 2. The van der Waals surface area contributed by atoms with E-state index in [0.717, 1.165) is 51.4 Å². The summed E-state index contributed by atoms with van der Waals surface area (Å²) >= 11 is 0. The lowest BCUT2D eigenvalue weighted by Crippen LogP contribution is -2.29. The van der Waals surface area contributed by atoms with E-state index in [-0.39, 0.29) is 31.5 Å². The van der Waals surface area contributed by atoms with E-state index < -0.39 is 66.2 Å². The SMILES string of the molecule is CC/C=C\C/C=C\C/C=C\C/C=C\C/C=C\C/C=C\CCC(=O)O[C@H](COC(=O)CCCC(=O)/C=C/C=C\C/C=C\C/C=C\CCCCC)COP(=O)(O)OC[C@@H](O)COP(=O)(O)O. The maximum Gasteiger partial charge on any atom is 0.472 e. The Balaban J connectivity index is 4.84. The van der Waals surface area contributed by atoms with Crippen molar-refractivity contribution in [2.45, 2.75) is 135 Å². The smallest absolute Gasteiger partial charge is 0.462 e. The molecule has 0 bridgehead atoms. The van der Waals surface area contributed by atoms with Crippen molar-refractivity contribution >= 4 is 33.4 Å². The fourth-order valence-electron chi connectivity index (χ4n) is 4.97. The van der Waals surface area contributed by atoms with Crippen LogP contribution in [0.5, 0.6) is 0 Å². The molecule has 0 heterocycles. The number of hydrogen-bond donors (Lipinski definition) is 4. The van der Waals surface area contributed by atoms with Crippen molar-refractivity contribution in [1.82, 2.24) is 0 Å². The zero-order chi connectivity index (χ0) is 47.4. The van der Waals surface area contributed by atoms with Crippen molar-refractivity contribution in [3.05, 3.63) is 122 Å². The molecular formula is C48H74O14P2. The van der Waals surface area contributed by atoms with Crippen molar-refractivity contribution < 1.29 is 66.3 Å². The molecule has 0 amide bonds. The molecule has 0 aromatic carbocycles. The number of carbonyl (C=O) groups excluding carboxylic acids is 3. The lowest BCUT2D eigenvalue weighted by molar-refractivity contribution is -0.161. The highest BCUT2D eigenvalue weighted by molar-refractivity contribution is 7.47. The van der Waals surface area contributed by atoms with Gasteiger partial charge in [-0.25, -0.2) is 9.13 Å². The van der Waals surface area contributed by atoms with Crippen LogP contribution in [0.1, 0.15) is 123 Å². The minimum atomic E-state index is -4.90. The monoisotopic (exact) mass is 936 g/mol. The van der Waals surface area contributed by atoms with Gasteiger partial charge in [-0.05, 0) is 83.1 Å². The number of ether oxygens (including phenoxy) is 2. The molecule has 0 saturated heterocycles. The van der Waals surface area contributed by atoms with Gasteiger partial charge in [0.05, 0.1) is 19.8 Å². The van der Waals surface area contributed by atoms with Gasteiger partial charge in [-0.3, -0.25) is 28.0 Å². The van der Waals surface area contributed by atoms with Gasteiger partial charge in [-0.1, -0.05) is 142 Å². The summed E-state index contributed by atoms with van der Waals surface area (Å²) in [6.07, 6.45) is 49.3. The first kappa shape index (κ1) is 60.2. The van der Waals surface area contributed by atoms with Crippen molar-refractivity contribution in [1.29, 1.82) is 0 Å². The van der Waals surface area contributed by atoms with Crippen LogP contribution in [0.3, 0.4) is 0 Å². The molecule has 0 spiro atoms. The number of rotatable bonds is 40. The molecule has 3 atom stereocenters. The lowest BCUT2D eigenvalue weighted by atomic mass is 10.1. The van der Waals surface area contributed by atoms with E-state index >= 15 is 0 Å². The molecule has 360 valence electrons. The average Bonchev–Trinajstić information content (AvgIpc) is 3.25. The fourth-order valence-corrected chi connectivity index (χ4v) is 6.13. The molecule has 14 nitrogen and oxygen atoms in total. The highest BCUT2D eigenvalue weighted by Crippen LogP contribution is 2.43. The van der Waals surface area contributed by atoms with Crippen molar-refractivity contribution in [3.63, 3.8) is 0 Å². The Kier molecular flexibility index (Phi) is 39.4. The molecule has 0 radical (unpaired) electrons. The fraction of sp³-hybridized carbons (Fsp3) is 0.521. The summed E-state index contributed by atoms with van der Waals surface area (Å²) in [6.45, 7) is 1.23. The zero-order valence-electron chi connectivity index (χ0n) is 37.8. The number of carbonyl (C=O) groups is 3. The number of ketones is 1. The van der Waals surface area contributed by atoms with Crippen LogP contribution in [0.4, 0.5) is 0 Å². The van der Waals surface area contributed by atoms with Crippen LogP contribution in [0.2, 0.25) is 0 Å². The van der Waals surface area contributed by atoms with Crippen LogP contribution >= 0.6 is 15.6 Å². The van der Waals surface area contributed by atoms with Gasteiger partial charge in [0.2, 0.25) is 0 Å². The Bertz CT molecular complexity index is 1650. The molecular weight excluding hydrogens is 862 g/mol. The second-order valence-electron chi connectivity index (χ2n) is 14.3. The zero-order valence-corrected chi connectivity index (χ0v) is 39.6. The highest BCUT2D eigenvalue weighted by Gasteiger charge is 2.28. The first-order valence-corrected chi connectivity index (χ1v) is 25.2. The van der Waals surface area contributed by atoms with E-state index in [4.69, 9.17) is 23.8 Å². The van der Waals surface area contributed by atoms with Crippen LogP contribution in [0, 0.1) is 0 Å². The largest absolute Gasteiger partial charge is 0.472 e. The first-order valence-electron chi connectivity index (χ1n) is 22.2. The quantitative estimate of drug-likeness (QED) is 0.0112. The van der Waals surface area contributed by atoms with Crippen LogP contribution < -0.4 is 0 Å². The average molecular weight is 937 g/mol. The molecule has 0 rings (SSSR count). The molecule has 0 saturated carbocycles. The van der Waals surface area contributed by atoms with Gasteiger partial charge < -0.3 is 29.3 Å². The van der Waals surface area contributed by atoms with E-state index in [9.17, 15) is 33.5 Å². The van der Waals surface area contributed by atoms with Crippen molar-refractivity contribution in [2.24, 2.45) is 0 Å². The third-order valence-corrected chi connectivity index (χ3v) is 9.75. The Morgan fingerprint density at radius 1 is 0.516 bits per heavy atom. The first-order chi connectivity index (χ1) is 30.8. The third kappa shape index (κ3) is 44.8. The Morgan fingerprint density at radius 3 is 1.56 bits per heavy atom. The Hall–Kier alpha value is -3.81. The third-order valence-electron chi connectivity index (χ3n) is 8.31. The van der Waals surface area contributed by atoms with Crippen LogP contribution in [-0.4, -0.2) is 76.1 Å². The Morgan fingerprint density at radius 2 is 1.02 bits per heavy atom. The minimum absolute atomic E-state index is 0.0516. The molecule has 0 aliphatic carbocycles. The number of allylic oxidation sites excluding steroid dienone is 20. The second kappa shape index (κ2) is 41.9. The number of aliphatic hydroxyl groups excluding tert-OH is 1. The molecule has 4 N–H and O–H groups in total. The highest BCUT2D eigenvalue weighted by atomic mass is 31.2. The normalized spacial score (nSPS) is 15.0. The van der Waals surface area contributed by atoms with E-state index in [1.807, 2.05) is 30.4 Å². The Labute approximate surface area is 381 Å². The molecule has 0 aromatic rings. The van der Waals surface area contributed by atoms with Crippen LogP contribution in [-0.2, 0) is 46.6 Å². The maximum absolute atomic E-state index is 12.6. The van der Waals surface area contributed by atoms with Gasteiger partial charge in [0.1, 0.15) is 12.7 Å². The second-order valence-corrected chi connectivity index (χ2v) is 17.0. The minimum Gasteiger partial charge on any atom is -0.462 e. The number of phosphoric ester groups is 2. The summed E-state index contributed by atoms with van der Waals surface area (Å²) in [5.41, 5.74) is 0. The molecule has 0 aliphatic heterocycles. The van der Waals surface area contributed by atoms with E-state index in [2.05, 4.69) is 95.8 Å². The molecule has 64 heavy (non-hydrogen) atoms. The van der Waals surface area contributed by atoms with Gasteiger partial charge in [0, 0.05) is 19.3 Å². The van der Waals surface area contributed by atoms with E-state index in [0.29, 0.717) is 12.8 Å². The lowest BCUT2D eigenvalue weighted by Gasteiger charge is -2.20. The van der Waals surface area contributed by atoms with Crippen molar-refractivity contribution in [2.75, 3.05) is 26.4 Å². The van der Waals surface area contributed by atoms with Crippen LogP contribution in [0.25, 0.3) is 0 Å². The number of hydrogen-bond acceptors (Lipinski definition) is 11. The van der Waals surface area contributed by atoms with Gasteiger partial charge in [-0.2, -0.15) is 0 Å². The summed E-state index contributed by atoms with van der Waals surface area (Å²) in [6, 6.07) is 0.